The number of carbonyl (C=O) groups is 4. The van der Waals surface area contributed by atoms with Crippen molar-refractivity contribution in [2.45, 2.75) is 117 Å². The third-order valence-corrected chi connectivity index (χ3v) is 8.85. The van der Waals surface area contributed by atoms with E-state index in [1.54, 1.807) is 45.6 Å². The number of piperidine rings is 2. The van der Waals surface area contributed by atoms with Crippen LogP contribution in [0, 0.1) is 20.2 Å². The summed E-state index contributed by atoms with van der Waals surface area (Å²) < 4.78 is 20.7. The minimum Gasteiger partial charge on any atom is -0.496 e. The molecule has 19 nitrogen and oxygen atoms in total. The second kappa shape index (κ2) is 22.4. The van der Waals surface area contributed by atoms with Crippen LogP contribution in [0.4, 0.5) is 21.0 Å². The number of carbonyl (C=O) groups excluding carboxylic acids is 3. The molecule has 2 aromatic carbocycles. The third kappa shape index (κ3) is 16.2. The number of hydrogen-bond acceptors (Lipinski definition) is 13. The van der Waals surface area contributed by atoms with Crippen molar-refractivity contribution < 1.29 is 53.1 Å². The van der Waals surface area contributed by atoms with Gasteiger partial charge in [0, 0.05) is 43.9 Å². The van der Waals surface area contributed by atoms with Crippen LogP contribution in [0.3, 0.4) is 0 Å². The first-order valence-corrected chi connectivity index (χ1v) is 19.5. The molecule has 328 valence electrons. The predicted octanol–water partition coefficient (Wildman–Crippen LogP) is 6.42. The van der Waals surface area contributed by atoms with Crippen molar-refractivity contribution in [3.8, 4) is 11.5 Å². The first kappa shape index (κ1) is 49.4. The van der Waals surface area contributed by atoms with Crippen LogP contribution in [0.25, 0.3) is 0 Å². The quantitative estimate of drug-likeness (QED) is 0.149. The molecule has 0 spiro atoms. The van der Waals surface area contributed by atoms with E-state index in [9.17, 15) is 39.4 Å². The lowest BCUT2D eigenvalue weighted by molar-refractivity contribution is -0.385. The second-order valence-corrected chi connectivity index (χ2v) is 15.8. The summed E-state index contributed by atoms with van der Waals surface area (Å²) in [6.45, 7) is 17.2. The molecule has 2 aromatic rings. The molecule has 4 rings (SSSR count). The summed E-state index contributed by atoms with van der Waals surface area (Å²) >= 11 is 0. The highest BCUT2D eigenvalue weighted by atomic mass is 16.6. The number of nitrogens with one attached hydrogen (secondary N) is 3. The van der Waals surface area contributed by atoms with Crippen molar-refractivity contribution in [1.82, 2.24) is 20.9 Å². The zero-order valence-corrected chi connectivity index (χ0v) is 35.7. The van der Waals surface area contributed by atoms with Gasteiger partial charge < -0.3 is 44.9 Å². The molecule has 4 N–H and O–H groups in total. The number of carboxylic acid groups (broad SMARTS) is 1. The standard InChI is InChI=1S/C20H29N3O6.C10H20N2O2.C10H11NO5/c1-6-15-16(23(26)27)10-13(11-17(15)28-5)18(24)22-9-7-8-14(12-22)21-19(25)29-20(2,3)4;1-10(2,3)14-9(13)12-8-5-4-6-11-7-8;1-3-7-8(11(14)15)4-6(10(12)13)5-9(7)16-2/h10-11,14H,6-9,12H2,1-5H3,(H,21,25);8,11H,4-7H2,1-3H3,(H,12,13);4-5H,3H2,1-2H3,(H,12,13)/t14-;8-;/m11./s1. The maximum Gasteiger partial charge on any atom is 0.407 e. The van der Waals surface area contributed by atoms with Crippen LogP contribution >= 0.6 is 0 Å². The molecule has 0 saturated carbocycles. The predicted molar refractivity (Wildman–Crippen MR) is 219 cm³/mol. The largest absolute Gasteiger partial charge is 0.496 e. The minimum absolute atomic E-state index is 0.129. The topological polar surface area (TPSA) is 251 Å². The van der Waals surface area contributed by atoms with Gasteiger partial charge in [-0.15, -0.1) is 0 Å². The van der Waals surface area contributed by atoms with Crippen LogP contribution in [0.2, 0.25) is 0 Å². The van der Waals surface area contributed by atoms with Crippen molar-refractivity contribution in [3.05, 3.63) is 66.7 Å². The molecular formula is C40H60N6O13. The normalized spacial score (nSPS) is 16.4. The Labute approximate surface area is 344 Å². The smallest absolute Gasteiger partial charge is 0.407 e. The summed E-state index contributed by atoms with van der Waals surface area (Å²) in [6, 6.07) is 5.15. The molecule has 0 unspecified atom stereocenters. The van der Waals surface area contributed by atoms with Gasteiger partial charge in [0.2, 0.25) is 0 Å². The van der Waals surface area contributed by atoms with Gasteiger partial charge in [0.1, 0.15) is 22.7 Å². The van der Waals surface area contributed by atoms with Crippen LogP contribution in [-0.4, -0.2) is 108 Å². The molecule has 0 aliphatic carbocycles. The lowest BCUT2D eigenvalue weighted by Gasteiger charge is -2.33. The lowest BCUT2D eigenvalue weighted by Crippen LogP contribution is -2.50. The Balaban J connectivity index is 0.000000337. The number of nitrogens with zero attached hydrogens (tertiary/aromatic N) is 3. The highest BCUT2D eigenvalue weighted by molar-refractivity contribution is 5.96. The molecule has 0 bridgehead atoms. The van der Waals surface area contributed by atoms with Gasteiger partial charge in [0.15, 0.2) is 0 Å². The van der Waals surface area contributed by atoms with Crippen molar-refractivity contribution in [1.29, 1.82) is 0 Å². The number of nitro benzene ring substituents is 2. The summed E-state index contributed by atoms with van der Waals surface area (Å²) in [6.07, 6.45) is 3.55. The number of alkyl carbamates (subject to hydrolysis) is 2. The van der Waals surface area contributed by atoms with Gasteiger partial charge >= 0.3 is 18.2 Å². The average Bonchev–Trinajstić information content (AvgIpc) is 3.15. The first-order chi connectivity index (χ1) is 27.5. The number of ether oxygens (including phenoxy) is 4. The van der Waals surface area contributed by atoms with Gasteiger partial charge in [-0.2, -0.15) is 0 Å². The van der Waals surface area contributed by atoms with E-state index in [2.05, 4.69) is 16.0 Å². The number of hydrogen-bond donors (Lipinski definition) is 4. The Hall–Kier alpha value is -5.72. The zero-order chi connectivity index (χ0) is 44.7. The number of benzene rings is 2. The van der Waals surface area contributed by atoms with Gasteiger partial charge in [-0.3, -0.25) is 25.0 Å². The number of rotatable bonds is 10. The average molecular weight is 833 g/mol. The number of nitro groups is 2. The molecule has 2 fully saturated rings. The molecule has 2 heterocycles. The van der Waals surface area contributed by atoms with Gasteiger partial charge in [0.05, 0.1) is 46.3 Å². The maximum absolute atomic E-state index is 13.0. The number of amides is 3. The minimum atomic E-state index is -1.22. The number of methoxy groups -OCH3 is 2. The first-order valence-electron chi connectivity index (χ1n) is 19.5. The molecular weight excluding hydrogens is 772 g/mol. The van der Waals surface area contributed by atoms with E-state index in [1.807, 2.05) is 20.8 Å². The van der Waals surface area contributed by atoms with Crippen LogP contribution in [0.1, 0.15) is 113 Å². The maximum atomic E-state index is 13.0. The molecule has 0 aromatic heterocycles. The lowest BCUT2D eigenvalue weighted by atomic mass is 10.0. The molecule has 2 aliphatic rings. The molecule has 2 atom stereocenters. The molecule has 3 amide bonds. The monoisotopic (exact) mass is 832 g/mol. The van der Waals surface area contributed by atoms with Crippen molar-refractivity contribution >= 4 is 35.4 Å². The fraction of sp³-hybridized carbons (Fsp3) is 0.600. The second-order valence-electron chi connectivity index (χ2n) is 15.8. The van der Waals surface area contributed by atoms with Crippen LogP contribution in [-0.2, 0) is 22.3 Å². The van der Waals surface area contributed by atoms with Crippen molar-refractivity contribution in [3.63, 3.8) is 0 Å². The fourth-order valence-electron chi connectivity index (χ4n) is 6.29. The van der Waals surface area contributed by atoms with E-state index in [1.165, 1.54) is 26.4 Å². The Morgan fingerprint density at radius 2 is 1.24 bits per heavy atom. The van der Waals surface area contributed by atoms with Gasteiger partial charge in [-0.1, -0.05) is 13.8 Å². The van der Waals surface area contributed by atoms with Crippen LogP contribution < -0.4 is 25.4 Å². The Bertz CT molecular complexity index is 1800. The Kier molecular flexibility index (Phi) is 18.8. The number of likely N-dealkylation sites (tertiary alicyclic amines) is 1. The summed E-state index contributed by atoms with van der Waals surface area (Å²) in [5.41, 5.74) is -0.467. The fourth-order valence-corrected chi connectivity index (χ4v) is 6.29. The highest BCUT2D eigenvalue weighted by Gasteiger charge is 2.30. The van der Waals surface area contributed by atoms with Crippen molar-refractivity contribution in [2.75, 3.05) is 40.4 Å². The van der Waals surface area contributed by atoms with E-state index >= 15 is 0 Å². The number of carboxylic acids is 1. The molecule has 2 aliphatic heterocycles. The molecule has 2 saturated heterocycles. The van der Waals surface area contributed by atoms with Gasteiger partial charge in [-0.25, -0.2) is 14.4 Å². The van der Waals surface area contributed by atoms with Gasteiger partial charge in [-0.05, 0) is 98.7 Å². The SMILES string of the molecule is CC(C)(C)OC(=O)N[C@@H]1CCCNC1.CCc1c(OC)cc(C(=O)N2CCC[C@@H](NC(=O)OC(C)(C)C)C2)cc1[N+](=O)[O-].CCc1c(OC)cc(C(=O)O)cc1[N+](=O)[O-]. The van der Waals surface area contributed by atoms with E-state index in [0.29, 0.717) is 49.2 Å². The highest BCUT2D eigenvalue weighted by Crippen LogP contribution is 2.32. The summed E-state index contributed by atoms with van der Waals surface area (Å²) in [7, 11) is 2.78. The summed E-state index contributed by atoms with van der Waals surface area (Å²) in [5.74, 6) is -0.992. The van der Waals surface area contributed by atoms with E-state index in [-0.39, 0.29) is 52.3 Å². The van der Waals surface area contributed by atoms with Crippen LogP contribution in [0.5, 0.6) is 11.5 Å². The van der Waals surface area contributed by atoms with Gasteiger partial charge in [0.25, 0.3) is 17.3 Å². The van der Waals surface area contributed by atoms with Crippen LogP contribution in [0.15, 0.2) is 24.3 Å². The number of aromatic carboxylic acids is 1. The zero-order valence-electron chi connectivity index (χ0n) is 35.7. The molecule has 59 heavy (non-hydrogen) atoms. The van der Waals surface area contributed by atoms with Crippen molar-refractivity contribution in [2.24, 2.45) is 0 Å². The third-order valence-electron chi connectivity index (χ3n) is 8.85. The summed E-state index contributed by atoms with van der Waals surface area (Å²) in [5, 5.41) is 39.9. The summed E-state index contributed by atoms with van der Waals surface area (Å²) in [4.78, 5) is 69.9. The van der Waals surface area contributed by atoms with E-state index < -0.39 is 33.1 Å². The molecule has 19 heteroatoms. The van der Waals surface area contributed by atoms with E-state index in [0.717, 1.165) is 38.4 Å². The molecule has 0 radical (unpaired) electrons. The Morgan fingerprint density at radius 1 is 0.780 bits per heavy atom. The van der Waals surface area contributed by atoms with E-state index in [4.69, 9.17) is 24.1 Å². The Morgan fingerprint density at radius 3 is 1.64 bits per heavy atom.